The Kier molecular flexibility index (Phi) is 4.33. The van der Waals surface area contributed by atoms with Crippen molar-refractivity contribution in [2.24, 2.45) is 5.73 Å². The summed E-state index contributed by atoms with van der Waals surface area (Å²) in [6, 6.07) is 7.29. The van der Waals surface area contributed by atoms with Crippen LogP contribution in [0.25, 0.3) is 0 Å². The second-order valence-corrected chi connectivity index (χ2v) is 4.38. The van der Waals surface area contributed by atoms with Crippen LogP contribution in [0.5, 0.6) is 5.75 Å². The Morgan fingerprint density at radius 3 is 2.44 bits per heavy atom. The van der Waals surface area contributed by atoms with Gasteiger partial charge in [0.1, 0.15) is 5.75 Å². The van der Waals surface area contributed by atoms with Gasteiger partial charge in [0, 0.05) is 6.42 Å². The van der Waals surface area contributed by atoms with E-state index in [1.165, 1.54) is 0 Å². The maximum absolute atomic E-state index is 9.41. The summed E-state index contributed by atoms with van der Waals surface area (Å²) >= 11 is 0. The molecule has 0 radical (unpaired) electrons. The molecule has 0 fully saturated rings. The molecule has 0 aliphatic heterocycles. The normalized spacial score (nSPS) is 15.1. The molecule has 0 aliphatic rings. The van der Waals surface area contributed by atoms with Crippen LogP contribution in [0.1, 0.15) is 26.3 Å². The summed E-state index contributed by atoms with van der Waals surface area (Å²) in [7, 11) is 0. The van der Waals surface area contributed by atoms with Gasteiger partial charge in [-0.1, -0.05) is 26.0 Å². The van der Waals surface area contributed by atoms with E-state index in [0.29, 0.717) is 5.75 Å². The highest BCUT2D eigenvalue weighted by Gasteiger charge is 2.25. The van der Waals surface area contributed by atoms with Gasteiger partial charge in [-0.3, -0.25) is 4.90 Å². The number of hydrogen-bond donors (Lipinski definition) is 2. The van der Waals surface area contributed by atoms with Crippen LogP contribution >= 0.6 is 0 Å². The number of aromatic hydroxyl groups is 1. The minimum absolute atomic E-state index is 0.299. The molecular weight excluding hydrogens is 200 g/mol. The number of hydrogen-bond acceptors (Lipinski definition) is 3. The fourth-order valence-corrected chi connectivity index (χ4v) is 2.14. The van der Waals surface area contributed by atoms with Gasteiger partial charge in [0.15, 0.2) is 0 Å². The Hall–Kier alpha value is -1.06. The first-order valence-electron chi connectivity index (χ1n) is 5.81. The van der Waals surface area contributed by atoms with Gasteiger partial charge in [-0.25, -0.2) is 0 Å². The molecule has 1 aromatic rings. The third-order valence-corrected chi connectivity index (χ3v) is 2.96. The number of nitrogens with zero attached hydrogens (tertiary/aromatic N) is 1. The predicted molar refractivity (Wildman–Crippen MR) is 67.3 cm³/mol. The van der Waals surface area contributed by atoms with Crippen molar-refractivity contribution in [1.82, 2.24) is 4.90 Å². The summed E-state index contributed by atoms with van der Waals surface area (Å²) in [4.78, 5) is 2.22. The lowest BCUT2D eigenvalue weighted by molar-refractivity contribution is 0.123. The van der Waals surface area contributed by atoms with Gasteiger partial charge >= 0.3 is 0 Å². The van der Waals surface area contributed by atoms with Crippen LogP contribution < -0.4 is 5.73 Å². The highest BCUT2D eigenvalue weighted by molar-refractivity contribution is 5.28. The standard InChI is InChI=1S/C13H22N2O/c1-4-15(5-2)13(3,14)10-11-7-6-8-12(16)9-11/h6-9,16H,4-5,10,14H2,1-3H3. The number of phenolic OH excluding ortho intramolecular Hbond substituents is 1. The minimum Gasteiger partial charge on any atom is -0.508 e. The molecule has 0 amide bonds. The lowest BCUT2D eigenvalue weighted by Crippen LogP contribution is -2.55. The van der Waals surface area contributed by atoms with Gasteiger partial charge in [0.25, 0.3) is 0 Å². The Bertz CT molecular complexity index is 332. The topological polar surface area (TPSA) is 49.5 Å². The molecule has 3 heteroatoms. The van der Waals surface area contributed by atoms with Gasteiger partial charge in [-0.05, 0) is 37.7 Å². The van der Waals surface area contributed by atoms with E-state index >= 15 is 0 Å². The van der Waals surface area contributed by atoms with Crippen LogP contribution in [-0.4, -0.2) is 28.8 Å². The molecule has 1 atom stereocenters. The van der Waals surface area contributed by atoms with E-state index in [2.05, 4.69) is 18.7 Å². The van der Waals surface area contributed by atoms with E-state index < -0.39 is 0 Å². The molecule has 0 aliphatic carbocycles. The maximum Gasteiger partial charge on any atom is 0.115 e. The smallest absolute Gasteiger partial charge is 0.115 e. The molecule has 90 valence electrons. The molecular formula is C13H22N2O. The van der Waals surface area contributed by atoms with E-state index in [9.17, 15) is 5.11 Å². The number of benzene rings is 1. The zero-order chi connectivity index (χ0) is 12.2. The van der Waals surface area contributed by atoms with Crippen LogP contribution in [-0.2, 0) is 6.42 Å². The summed E-state index contributed by atoms with van der Waals surface area (Å²) in [6.45, 7) is 8.11. The second-order valence-electron chi connectivity index (χ2n) is 4.38. The number of likely N-dealkylation sites (N-methyl/N-ethyl adjacent to an activating group) is 1. The van der Waals surface area contributed by atoms with Crippen molar-refractivity contribution in [3.8, 4) is 5.75 Å². The van der Waals surface area contributed by atoms with E-state index in [4.69, 9.17) is 5.73 Å². The van der Waals surface area contributed by atoms with Crippen molar-refractivity contribution >= 4 is 0 Å². The molecule has 0 bridgehead atoms. The average Bonchev–Trinajstić information content (AvgIpc) is 2.18. The highest BCUT2D eigenvalue weighted by Crippen LogP contribution is 2.18. The van der Waals surface area contributed by atoms with E-state index in [1.807, 2.05) is 19.1 Å². The lowest BCUT2D eigenvalue weighted by Gasteiger charge is -2.37. The summed E-state index contributed by atoms with van der Waals surface area (Å²) in [6.07, 6.45) is 0.739. The van der Waals surface area contributed by atoms with Crippen LogP contribution in [0.4, 0.5) is 0 Å². The summed E-state index contributed by atoms with van der Waals surface area (Å²) < 4.78 is 0. The maximum atomic E-state index is 9.41. The molecule has 16 heavy (non-hydrogen) atoms. The molecule has 3 nitrogen and oxygen atoms in total. The number of phenols is 1. The van der Waals surface area contributed by atoms with Crippen molar-refractivity contribution < 1.29 is 5.11 Å². The van der Waals surface area contributed by atoms with Gasteiger partial charge in [-0.15, -0.1) is 0 Å². The van der Waals surface area contributed by atoms with Crippen molar-refractivity contribution in [3.05, 3.63) is 29.8 Å². The molecule has 3 N–H and O–H groups in total. The fourth-order valence-electron chi connectivity index (χ4n) is 2.14. The Balaban J connectivity index is 2.79. The van der Waals surface area contributed by atoms with Gasteiger partial charge in [0.2, 0.25) is 0 Å². The van der Waals surface area contributed by atoms with Crippen molar-refractivity contribution in [3.63, 3.8) is 0 Å². The first kappa shape index (κ1) is 13.0. The van der Waals surface area contributed by atoms with E-state index in [1.54, 1.807) is 12.1 Å². The van der Waals surface area contributed by atoms with Crippen molar-refractivity contribution in [2.45, 2.75) is 32.9 Å². The first-order chi connectivity index (χ1) is 7.49. The number of nitrogens with two attached hydrogens (primary N) is 1. The minimum atomic E-state index is -0.364. The Labute approximate surface area is 97.9 Å². The third kappa shape index (κ3) is 3.22. The Morgan fingerprint density at radius 1 is 1.31 bits per heavy atom. The molecule has 1 unspecified atom stereocenters. The molecule has 1 aromatic carbocycles. The van der Waals surface area contributed by atoms with Crippen LogP contribution in [0, 0.1) is 0 Å². The molecule has 0 saturated carbocycles. The fraction of sp³-hybridized carbons (Fsp3) is 0.538. The Morgan fingerprint density at radius 2 is 1.94 bits per heavy atom. The van der Waals surface area contributed by atoms with Gasteiger partial charge < -0.3 is 10.8 Å². The van der Waals surface area contributed by atoms with E-state index in [0.717, 1.165) is 25.1 Å². The van der Waals surface area contributed by atoms with Crippen LogP contribution in [0.15, 0.2) is 24.3 Å². The van der Waals surface area contributed by atoms with Gasteiger partial charge in [0.05, 0.1) is 5.66 Å². The van der Waals surface area contributed by atoms with Crippen molar-refractivity contribution in [2.75, 3.05) is 13.1 Å². The van der Waals surface area contributed by atoms with Crippen LogP contribution in [0.2, 0.25) is 0 Å². The van der Waals surface area contributed by atoms with Crippen LogP contribution in [0.3, 0.4) is 0 Å². The zero-order valence-corrected chi connectivity index (χ0v) is 10.4. The molecule has 0 spiro atoms. The lowest BCUT2D eigenvalue weighted by atomic mass is 10.00. The molecule has 0 saturated heterocycles. The summed E-state index contributed by atoms with van der Waals surface area (Å²) in [5.41, 5.74) is 7.01. The third-order valence-electron chi connectivity index (χ3n) is 2.96. The first-order valence-corrected chi connectivity index (χ1v) is 5.81. The second kappa shape index (κ2) is 5.32. The summed E-state index contributed by atoms with van der Waals surface area (Å²) in [5, 5.41) is 9.41. The number of rotatable bonds is 5. The SMILES string of the molecule is CCN(CC)C(C)(N)Cc1cccc(O)c1. The highest BCUT2D eigenvalue weighted by atomic mass is 16.3. The quantitative estimate of drug-likeness (QED) is 0.749. The summed E-state index contributed by atoms with van der Waals surface area (Å²) in [5.74, 6) is 0.299. The molecule has 0 aromatic heterocycles. The largest absolute Gasteiger partial charge is 0.508 e. The zero-order valence-electron chi connectivity index (χ0n) is 10.4. The predicted octanol–water partition coefficient (Wildman–Crippen LogP) is 1.95. The molecule has 0 heterocycles. The van der Waals surface area contributed by atoms with E-state index in [-0.39, 0.29) is 5.66 Å². The average molecular weight is 222 g/mol. The molecule has 1 rings (SSSR count). The monoisotopic (exact) mass is 222 g/mol. The van der Waals surface area contributed by atoms with Crippen molar-refractivity contribution in [1.29, 1.82) is 0 Å². The van der Waals surface area contributed by atoms with Gasteiger partial charge in [-0.2, -0.15) is 0 Å².